The van der Waals surface area contributed by atoms with Gasteiger partial charge in [0.05, 0.1) is 22.9 Å². The molecule has 2 aromatic rings. The maximum Gasteiger partial charge on any atom is 0.228 e. The Balaban J connectivity index is 1.49. The number of carbonyl (C=O) groups is 1. The summed E-state index contributed by atoms with van der Waals surface area (Å²) in [6.45, 7) is 1.15. The van der Waals surface area contributed by atoms with Crippen molar-refractivity contribution in [2.45, 2.75) is 25.2 Å². The van der Waals surface area contributed by atoms with Gasteiger partial charge in [0, 0.05) is 16.6 Å². The zero-order valence-electron chi connectivity index (χ0n) is 12.4. The number of carbonyl (C=O) groups excluding carboxylic acids is 1. The number of hydrogen-bond donors (Lipinski definition) is 1. The number of hydrogen-bond acceptors (Lipinski definition) is 4. The first-order valence-electron chi connectivity index (χ1n) is 7.43. The van der Waals surface area contributed by atoms with Crippen LogP contribution in [0.1, 0.15) is 29.2 Å². The number of halogens is 2. The van der Waals surface area contributed by atoms with Crippen molar-refractivity contribution >= 4 is 40.4 Å². The average Bonchev–Trinajstić information content (AvgIpc) is 3.01. The number of benzene rings is 1. The molecule has 0 aliphatic carbocycles. The molecule has 1 N–H and O–H groups in total. The van der Waals surface area contributed by atoms with Crippen molar-refractivity contribution in [1.29, 1.82) is 0 Å². The minimum Gasteiger partial charge on any atom is -0.477 e. The molecule has 7 heteroatoms. The van der Waals surface area contributed by atoms with Gasteiger partial charge in [-0.15, -0.1) is 11.3 Å². The molecule has 1 aromatic carbocycles. The van der Waals surface area contributed by atoms with Crippen LogP contribution in [0.25, 0.3) is 0 Å². The fourth-order valence-electron chi connectivity index (χ4n) is 2.58. The third-order valence-corrected chi connectivity index (χ3v) is 5.29. The van der Waals surface area contributed by atoms with E-state index in [1.54, 1.807) is 11.6 Å². The van der Waals surface area contributed by atoms with Gasteiger partial charge >= 0.3 is 0 Å². The molecule has 0 saturated carbocycles. The molecule has 1 aliphatic heterocycles. The van der Waals surface area contributed by atoms with Crippen LogP contribution >= 0.6 is 34.5 Å². The van der Waals surface area contributed by atoms with Crippen LogP contribution < -0.4 is 10.1 Å². The van der Waals surface area contributed by atoms with E-state index in [1.165, 1.54) is 11.3 Å². The highest BCUT2D eigenvalue weighted by molar-refractivity contribution is 7.10. The standard InChI is InChI=1S/C16H16Cl2N2O2S/c17-11-4-3-10(13(18)8-11)2-1-6-19-15(21)12-5-7-22-16-14(12)23-9-20-16/h3-4,8-9,12H,1-2,5-7H2,(H,19,21). The van der Waals surface area contributed by atoms with E-state index < -0.39 is 0 Å². The van der Waals surface area contributed by atoms with Crippen LogP contribution in [0.2, 0.25) is 10.0 Å². The van der Waals surface area contributed by atoms with Gasteiger partial charge in [-0.2, -0.15) is 0 Å². The average molecular weight is 371 g/mol. The van der Waals surface area contributed by atoms with Crippen LogP contribution in [0.3, 0.4) is 0 Å². The van der Waals surface area contributed by atoms with Crippen molar-refractivity contribution in [3.05, 3.63) is 44.2 Å². The summed E-state index contributed by atoms with van der Waals surface area (Å²) in [6, 6.07) is 5.49. The molecular formula is C16H16Cl2N2O2S. The molecule has 122 valence electrons. The van der Waals surface area contributed by atoms with Gasteiger partial charge < -0.3 is 10.1 Å². The molecule has 1 atom stereocenters. The predicted molar refractivity (Wildman–Crippen MR) is 92.8 cm³/mol. The van der Waals surface area contributed by atoms with Crippen LogP contribution in [0, 0.1) is 0 Å². The molecule has 0 radical (unpaired) electrons. The monoisotopic (exact) mass is 370 g/mol. The van der Waals surface area contributed by atoms with E-state index in [0.717, 1.165) is 23.3 Å². The minimum absolute atomic E-state index is 0.0426. The molecule has 2 heterocycles. The summed E-state index contributed by atoms with van der Waals surface area (Å²) in [5, 5.41) is 4.30. The highest BCUT2D eigenvalue weighted by Crippen LogP contribution is 2.35. The van der Waals surface area contributed by atoms with Crippen molar-refractivity contribution in [3.8, 4) is 5.88 Å². The molecule has 1 aromatic heterocycles. The zero-order chi connectivity index (χ0) is 16.2. The normalized spacial score (nSPS) is 16.5. The van der Waals surface area contributed by atoms with E-state index in [-0.39, 0.29) is 11.8 Å². The second-order valence-corrected chi connectivity index (χ2v) is 7.07. The number of fused-ring (bicyclic) bond motifs is 1. The number of amides is 1. The van der Waals surface area contributed by atoms with Gasteiger partial charge in [-0.3, -0.25) is 4.79 Å². The first-order valence-corrected chi connectivity index (χ1v) is 9.06. The van der Waals surface area contributed by atoms with E-state index in [2.05, 4.69) is 10.3 Å². The minimum atomic E-state index is -0.148. The van der Waals surface area contributed by atoms with Crippen molar-refractivity contribution in [1.82, 2.24) is 10.3 Å². The summed E-state index contributed by atoms with van der Waals surface area (Å²) in [7, 11) is 0. The first kappa shape index (κ1) is 16.6. The smallest absolute Gasteiger partial charge is 0.228 e. The lowest BCUT2D eigenvalue weighted by Crippen LogP contribution is -2.32. The van der Waals surface area contributed by atoms with E-state index >= 15 is 0 Å². The molecule has 0 saturated heterocycles. The van der Waals surface area contributed by atoms with Gasteiger partial charge in [-0.05, 0) is 37.0 Å². The number of ether oxygens (including phenoxy) is 1. The Labute approximate surface area is 148 Å². The van der Waals surface area contributed by atoms with Gasteiger partial charge in [0.2, 0.25) is 11.8 Å². The van der Waals surface area contributed by atoms with Crippen LogP contribution in [0.5, 0.6) is 5.88 Å². The molecule has 1 amide bonds. The summed E-state index contributed by atoms with van der Waals surface area (Å²) in [5.74, 6) is 0.501. The quantitative estimate of drug-likeness (QED) is 0.807. The topological polar surface area (TPSA) is 51.2 Å². The van der Waals surface area contributed by atoms with E-state index in [1.807, 2.05) is 12.1 Å². The number of nitrogens with zero attached hydrogens (tertiary/aromatic N) is 1. The SMILES string of the molecule is O=C(NCCCc1ccc(Cl)cc1Cl)C1CCOc2ncsc21. The molecule has 4 nitrogen and oxygen atoms in total. The molecule has 0 spiro atoms. The molecule has 0 bridgehead atoms. The Hall–Kier alpha value is -1.30. The van der Waals surface area contributed by atoms with Gasteiger partial charge in [0.1, 0.15) is 0 Å². The summed E-state index contributed by atoms with van der Waals surface area (Å²) in [4.78, 5) is 17.4. The second kappa shape index (κ2) is 7.51. The largest absolute Gasteiger partial charge is 0.477 e. The van der Waals surface area contributed by atoms with Gasteiger partial charge in [-0.25, -0.2) is 4.98 Å². The number of aryl methyl sites for hydroxylation is 1. The van der Waals surface area contributed by atoms with Crippen molar-refractivity contribution < 1.29 is 9.53 Å². The maximum atomic E-state index is 12.4. The Morgan fingerprint density at radius 1 is 1.43 bits per heavy atom. The predicted octanol–water partition coefficient (Wildman–Crippen LogP) is 4.07. The summed E-state index contributed by atoms with van der Waals surface area (Å²) >= 11 is 13.5. The molecular weight excluding hydrogens is 355 g/mol. The lowest BCUT2D eigenvalue weighted by atomic mass is 10.0. The van der Waals surface area contributed by atoms with Crippen molar-refractivity contribution in [2.75, 3.05) is 13.2 Å². The lowest BCUT2D eigenvalue weighted by Gasteiger charge is -2.21. The Kier molecular flexibility index (Phi) is 5.41. The lowest BCUT2D eigenvalue weighted by molar-refractivity contribution is -0.123. The molecule has 0 fully saturated rings. The van der Waals surface area contributed by atoms with Gasteiger partial charge in [0.15, 0.2) is 0 Å². The third-order valence-electron chi connectivity index (χ3n) is 3.78. The Morgan fingerprint density at radius 3 is 3.13 bits per heavy atom. The molecule has 23 heavy (non-hydrogen) atoms. The molecule has 1 unspecified atom stereocenters. The van der Waals surface area contributed by atoms with E-state index in [0.29, 0.717) is 35.5 Å². The summed E-state index contributed by atoms with van der Waals surface area (Å²) < 4.78 is 5.44. The van der Waals surface area contributed by atoms with Crippen LogP contribution in [0.15, 0.2) is 23.7 Å². The fraction of sp³-hybridized carbons (Fsp3) is 0.375. The molecule has 3 rings (SSSR count). The Bertz CT molecular complexity index is 705. The summed E-state index contributed by atoms with van der Waals surface area (Å²) in [5.41, 5.74) is 2.76. The summed E-state index contributed by atoms with van der Waals surface area (Å²) in [6.07, 6.45) is 2.33. The Morgan fingerprint density at radius 2 is 2.30 bits per heavy atom. The number of nitrogens with one attached hydrogen (secondary N) is 1. The zero-order valence-corrected chi connectivity index (χ0v) is 14.7. The van der Waals surface area contributed by atoms with Crippen molar-refractivity contribution in [3.63, 3.8) is 0 Å². The third kappa shape index (κ3) is 3.97. The highest BCUT2D eigenvalue weighted by Gasteiger charge is 2.29. The van der Waals surface area contributed by atoms with Crippen LogP contribution in [-0.2, 0) is 11.2 Å². The number of rotatable bonds is 5. The van der Waals surface area contributed by atoms with Crippen molar-refractivity contribution in [2.24, 2.45) is 0 Å². The number of thiazole rings is 1. The maximum absolute atomic E-state index is 12.4. The molecule has 1 aliphatic rings. The number of aromatic nitrogens is 1. The van der Waals surface area contributed by atoms with E-state index in [9.17, 15) is 4.79 Å². The van der Waals surface area contributed by atoms with Gasteiger partial charge in [0.25, 0.3) is 0 Å². The fourth-order valence-corrected chi connectivity index (χ4v) is 3.94. The van der Waals surface area contributed by atoms with Gasteiger partial charge in [-0.1, -0.05) is 29.3 Å². The second-order valence-electron chi connectivity index (χ2n) is 5.34. The van der Waals surface area contributed by atoms with E-state index in [4.69, 9.17) is 27.9 Å². The highest BCUT2D eigenvalue weighted by atomic mass is 35.5. The first-order chi connectivity index (χ1) is 11.1. The van der Waals surface area contributed by atoms with Crippen LogP contribution in [-0.4, -0.2) is 24.0 Å². The van der Waals surface area contributed by atoms with Crippen LogP contribution in [0.4, 0.5) is 0 Å².